The maximum Gasteiger partial charge on any atom is 0.431 e. The number of benzene rings is 2. The summed E-state index contributed by atoms with van der Waals surface area (Å²) in [6.07, 6.45) is -1.17. The normalized spacial score (nSPS) is 18.9. The molecule has 1 heterocycles. The number of hydrogen-bond acceptors (Lipinski definition) is 4. The first-order chi connectivity index (χ1) is 9.59. The molecule has 1 N–H and O–H groups in total. The van der Waals surface area contributed by atoms with Gasteiger partial charge >= 0.3 is 6.09 Å². The quantitative estimate of drug-likeness (QED) is 0.912. The molecule has 0 spiro atoms. The van der Waals surface area contributed by atoms with Crippen LogP contribution in [0.1, 0.15) is 11.7 Å². The van der Waals surface area contributed by atoms with Gasteiger partial charge < -0.3 is 4.74 Å². The molecular weight excluding hydrogens is 254 g/mol. The van der Waals surface area contributed by atoms with Crippen LogP contribution < -0.4 is 0 Å². The number of carbonyl (C=O) groups excluding carboxylic acids is 1. The van der Waals surface area contributed by atoms with Gasteiger partial charge in [-0.25, -0.2) is 9.80 Å². The number of amidine groups is 1. The number of hydrazine groups is 1. The molecule has 0 aromatic heterocycles. The second-order valence-corrected chi connectivity index (χ2v) is 4.88. The minimum Gasteiger partial charge on any atom is -0.432 e. The van der Waals surface area contributed by atoms with Crippen LogP contribution in [0, 0.1) is 5.41 Å². The maximum absolute atomic E-state index is 11.9. The highest BCUT2D eigenvalue weighted by Gasteiger charge is 2.40. The van der Waals surface area contributed by atoms with E-state index in [1.54, 1.807) is 19.1 Å². The molecule has 1 aliphatic heterocycles. The smallest absolute Gasteiger partial charge is 0.431 e. The van der Waals surface area contributed by atoms with Crippen LogP contribution in [0.2, 0.25) is 0 Å². The summed E-state index contributed by atoms with van der Waals surface area (Å²) in [7, 11) is 3.42. The molecule has 1 unspecified atom stereocenters. The molecular formula is C15H15N3O2. The van der Waals surface area contributed by atoms with Crippen LogP contribution >= 0.6 is 0 Å². The van der Waals surface area contributed by atoms with Crippen molar-refractivity contribution in [3.63, 3.8) is 0 Å². The Morgan fingerprint density at radius 2 is 1.85 bits per heavy atom. The highest BCUT2D eigenvalue weighted by molar-refractivity contribution is 6.03. The zero-order valence-corrected chi connectivity index (χ0v) is 11.3. The summed E-state index contributed by atoms with van der Waals surface area (Å²) in [4.78, 5) is 11.9. The van der Waals surface area contributed by atoms with Crippen molar-refractivity contribution >= 4 is 22.7 Å². The number of hydrogen-bond donors (Lipinski definition) is 1. The average Bonchev–Trinajstić information content (AvgIpc) is 2.73. The molecule has 2 aromatic rings. The lowest BCUT2D eigenvalue weighted by Gasteiger charge is -2.20. The van der Waals surface area contributed by atoms with Gasteiger partial charge in [0.15, 0.2) is 11.9 Å². The van der Waals surface area contributed by atoms with Gasteiger partial charge in [-0.15, -0.1) is 0 Å². The summed E-state index contributed by atoms with van der Waals surface area (Å²) in [5, 5.41) is 13.0. The number of nitrogens with zero attached hydrogens (tertiary/aromatic N) is 2. The average molecular weight is 269 g/mol. The number of ether oxygens (including phenoxy) is 1. The van der Waals surface area contributed by atoms with Gasteiger partial charge in [-0.2, -0.15) is 5.01 Å². The SMILES string of the molecule is CN(C)N1C(=N)C(c2cccc3ccccc23)OC1=O. The monoisotopic (exact) mass is 269 g/mol. The number of amides is 1. The lowest BCUT2D eigenvalue weighted by Crippen LogP contribution is -2.40. The molecule has 1 saturated heterocycles. The molecule has 2 aromatic carbocycles. The van der Waals surface area contributed by atoms with E-state index in [2.05, 4.69) is 0 Å². The van der Waals surface area contributed by atoms with Gasteiger partial charge in [0.2, 0.25) is 0 Å². The summed E-state index contributed by atoms with van der Waals surface area (Å²) < 4.78 is 5.36. The highest BCUT2D eigenvalue weighted by atomic mass is 16.6. The van der Waals surface area contributed by atoms with E-state index in [4.69, 9.17) is 10.1 Å². The molecule has 5 heteroatoms. The molecule has 0 saturated carbocycles. The van der Waals surface area contributed by atoms with E-state index in [-0.39, 0.29) is 5.84 Å². The van der Waals surface area contributed by atoms with E-state index in [1.165, 1.54) is 5.01 Å². The fourth-order valence-electron chi connectivity index (χ4n) is 2.48. The second kappa shape index (κ2) is 4.61. The van der Waals surface area contributed by atoms with Gasteiger partial charge in [0.05, 0.1) is 0 Å². The van der Waals surface area contributed by atoms with Crippen molar-refractivity contribution in [1.29, 1.82) is 5.41 Å². The van der Waals surface area contributed by atoms with E-state index in [0.29, 0.717) is 0 Å². The van der Waals surface area contributed by atoms with Crippen LogP contribution in [-0.2, 0) is 4.74 Å². The molecule has 0 aliphatic carbocycles. The summed E-state index contributed by atoms with van der Waals surface area (Å²) in [6.45, 7) is 0. The Labute approximate surface area is 116 Å². The number of rotatable bonds is 2. The fraction of sp³-hybridized carbons (Fsp3) is 0.200. The zero-order valence-electron chi connectivity index (χ0n) is 11.3. The molecule has 1 fully saturated rings. The largest absolute Gasteiger partial charge is 0.432 e. The van der Waals surface area contributed by atoms with Crippen molar-refractivity contribution in [3.05, 3.63) is 48.0 Å². The van der Waals surface area contributed by atoms with Crippen LogP contribution in [0.3, 0.4) is 0 Å². The first kappa shape index (κ1) is 12.6. The zero-order chi connectivity index (χ0) is 14.3. The summed E-state index contributed by atoms with van der Waals surface area (Å²) >= 11 is 0. The summed E-state index contributed by atoms with van der Waals surface area (Å²) in [5.74, 6) is 0.136. The molecule has 102 valence electrons. The molecule has 0 bridgehead atoms. The van der Waals surface area contributed by atoms with Crippen molar-refractivity contribution in [3.8, 4) is 0 Å². The van der Waals surface area contributed by atoms with Crippen LogP contribution in [0.4, 0.5) is 4.79 Å². The van der Waals surface area contributed by atoms with Gasteiger partial charge in [-0.3, -0.25) is 5.41 Å². The van der Waals surface area contributed by atoms with Gasteiger partial charge in [0, 0.05) is 19.7 Å². The van der Waals surface area contributed by atoms with Gasteiger partial charge in [0.25, 0.3) is 0 Å². The molecule has 1 amide bonds. The Bertz CT molecular complexity index is 691. The number of nitrogens with one attached hydrogen (secondary N) is 1. The van der Waals surface area contributed by atoms with E-state index >= 15 is 0 Å². The molecule has 20 heavy (non-hydrogen) atoms. The Morgan fingerprint density at radius 3 is 2.55 bits per heavy atom. The van der Waals surface area contributed by atoms with Crippen LogP contribution in [-0.4, -0.2) is 36.0 Å². The predicted octanol–water partition coefficient (Wildman–Crippen LogP) is 2.79. The van der Waals surface area contributed by atoms with Crippen molar-refractivity contribution in [1.82, 2.24) is 10.0 Å². The van der Waals surface area contributed by atoms with Crippen molar-refractivity contribution < 1.29 is 9.53 Å². The number of fused-ring (bicyclic) bond motifs is 1. The summed E-state index contributed by atoms with van der Waals surface area (Å²) in [5.41, 5.74) is 0.839. The molecule has 1 atom stereocenters. The van der Waals surface area contributed by atoms with E-state index in [1.807, 2.05) is 42.5 Å². The Kier molecular flexibility index (Phi) is 2.91. The van der Waals surface area contributed by atoms with Crippen LogP contribution in [0.15, 0.2) is 42.5 Å². The lowest BCUT2D eigenvalue weighted by atomic mass is 10.00. The summed E-state index contributed by atoms with van der Waals surface area (Å²) in [6, 6.07) is 13.7. The molecule has 0 radical (unpaired) electrons. The first-order valence-corrected chi connectivity index (χ1v) is 6.33. The van der Waals surface area contributed by atoms with E-state index < -0.39 is 12.2 Å². The third-order valence-corrected chi connectivity index (χ3v) is 3.37. The van der Waals surface area contributed by atoms with E-state index in [9.17, 15) is 4.79 Å². The molecule has 3 rings (SSSR count). The molecule has 1 aliphatic rings. The third kappa shape index (κ3) is 1.83. The Balaban J connectivity index is 2.09. The van der Waals surface area contributed by atoms with Crippen LogP contribution in [0.5, 0.6) is 0 Å². The Morgan fingerprint density at radius 1 is 1.15 bits per heavy atom. The minimum atomic E-state index is -0.656. The lowest BCUT2D eigenvalue weighted by molar-refractivity contribution is 0.0872. The standard InChI is InChI=1S/C15H15N3O2/c1-17(2)18-14(16)13(20-15(18)19)12-9-5-7-10-6-3-4-8-11(10)12/h3-9,13,16H,1-2H3. The number of cyclic esters (lactones) is 1. The number of carbonyl (C=O) groups is 1. The highest BCUT2D eigenvalue weighted by Crippen LogP contribution is 2.32. The van der Waals surface area contributed by atoms with Gasteiger partial charge in [-0.05, 0) is 10.8 Å². The van der Waals surface area contributed by atoms with Crippen molar-refractivity contribution in [2.75, 3.05) is 14.1 Å². The first-order valence-electron chi connectivity index (χ1n) is 6.33. The van der Waals surface area contributed by atoms with Crippen molar-refractivity contribution in [2.45, 2.75) is 6.10 Å². The van der Waals surface area contributed by atoms with Gasteiger partial charge in [0.1, 0.15) is 0 Å². The maximum atomic E-state index is 11.9. The third-order valence-electron chi connectivity index (χ3n) is 3.37. The van der Waals surface area contributed by atoms with Crippen molar-refractivity contribution in [2.24, 2.45) is 0 Å². The topological polar surface area (TPSA) is 56.6 Å². The minimum absolute atomic E-state index is 0.136. The molecule has 5 nitrogen and oxygen atoms in total. The van der Waals surface area contributed by atoms with E-state index in [0.717, 1.165) is 16.3 Å². The van der Waals surface area contributed by atoms with Gasteiger partial charge in [-0.1, -0.05) is 42.5 Å². The second-order valence-electron chi connectivity index (χ2n) is 4.88. The Hall–Kier alpha value is -2.40. The predicted molar refractivity (Wildman–Crippen MR) is 76.4 cm³/mol. The fourth-order valence-corrected chi connectivity index (χ4v) is 2.48. The van der Waals surface area contributed by atoms with Crippen LogP contribution in [0.25, 0.3) is 10.8 Å².